The summed E-state index contributed by atoms with van der Waals surface area (Å²) in [6.45, 7) is 0. The van der Waals surface area contributed by atoms with Gasteiger partial charge in [0.05, 0.1) is 17.6 Å². The maximum Gasteiger partial charge on any atom is 0.339 e. The van der Waals surface area contributed by atoms with Gasteiger partial charge in [0.15, 0.2) is 0 Å². The highest BCUT2D eigenvalue weighted by molar-refractivity contribution is 7.89. The number of hydrogen-bond acceptors (Lipinski definition) is 4. The molecule has 1 aromatic rings. The number of benzene rings is 1. The number of halogens is 1. The molecule has 0 aliphatic rings. The number of nitrogens with two attached hydrogens (primary N) is 1. The summed E-state index contributed by atoms with van der Waals surface area (Å²) < 4.78 is 26.7. The third kappa shape index (κ3) is 2.68. The molecule has 0 aromatic heterocycles. The highest BCUT2D eigenvalue weighted by Crippen LogP contribution is 2.20. The molecule has 1 aromatic carbocycles. The summed E-state index contributed by atoms with van der Waals surface area (Å²) in [7, 11) is -2.85. The first kappa shape index (κ1) is 12.0. The predicted octanol–water partition coefficient (Wildman–Crippen LogP) is 0.774. The average Bonchev–Trinajstić information content (AvgIpc) is 2.15. The molecular weight excluding hydrogens is 242 g/mol. The number of rotatable bonds is 2. The highest BCUT2D eigenvalue weighted by Gasteiger charge is 2.19. The zero-order chi connectivity index (χ0) is 11.6. The van der Waals surface area contributed by atoms with Gasteiger partial charge in [0, 0.05) is 5.02 Å². The lowest BCUT2D eigenvalue weighted by Crippen LogP contribution is -2.17. The summed E-state index contributed by atoms with van der Waals surface area (Å²) in [6.07, 6.45) is 0. The van der Waals surface area contributed by atoms with Crippen molar-refractivity contribution in [3.05, 3.63) is 28.8 Å². The van der Waals surface area contributed by atoms with E-state index in [9.17, 15) is 13.2 Å². The molecule has 0 aliphatic heterocycles. The van der Waals surface area contributed by atoms with E-state index in [1.165, 1.54) is 12.1 Å². The SMILES string of the molecule is COC(=O)c1ccc(Cl)cc1S(N)(=O)=O. The topological polar surface area (TPSA) is 86.5 Å². The van der Waals surface area contributed by atoms with Crippen LogP contribution in [-0.4, -0.2) is 21.5 Å². The van der Waals surface area contributed by atoms with Gasteiger partial charge < -0.3 is 4.74 Å². The van der Waals surface area contributed by atoms with E-state index in [0.29, 0.717) is 0 Å². The van der Waals surface area contributed by atoms with Crippen LogP contribution >= 0.6 is 11.6 Å². The summed E-state index contributed by atoms with van der Waals surface area (Å²) in [4.78, 5) is 10.9. The number of primary sulfonamides is 1. The first-order valence-electron chi connectivity index (χ1n) is 3.77. The number of methoxy groups -OCH3 is 1. The van der Waals surface area contributed by atoms with Crippen molar-refractivity contribution in [3.63, 3.8) is 0 Å². The van der Waals surface area contributed by atoms with Crippen molar-refractivity contribution in [3.8, 4) is 0 Å². The summed E-state index contributed by atoms with van der Waals surface area (Å²) >= 11 is 5.60. The van der Waals surface area contributed by atoms with Crippen molar-refractivity contribution in [1.29, 1.82) is 0 Å². The molecule has 0 radical (unpaired) electrons. The van der Waals surface area contributed by atoms with E-state index in [-0.39, 0.29) is 15.5 Å². The second-order valence-electron chi connectivity index (χ2n) is 2.68. The van der Waals surface area contributed by atoms with E-state index in [4.69, 9.17) is 16.7 Å². The van der Waals surface area contributed by atoms with Gasteiger partial charge in [0.25, 0.3) is 0 Å². The molecule has 0 unspecified atom stereocenters. The van der Waals surface area contributed by atoms with Crippen LogP contribution in [-0.2, 0) is 14.8 Å². The van der Waals surface area contributed by atoms with E-state index >= 15 is 0 Å². The number of sulfonamides is 1. The molecule has 7 heteroatoms. The number of carbonyl (C=O) groups excluding carboxylic acids is 1. The first-order valence-corrected chi connectivity index (χ1v) is 5.69. The van der Waals surface area contributed by atoms with Crippen molar-refractivity contribution in [1.82, 2.24) is 0 Å². The Morgan fingerprint density at radius 3 is 2.53 bits per heavy atom. The largest absolute Gasteiger partial charge is 0.465 e. The van der Waals surface area contributed by atoms with Crippen LogP contribution in [0.15, 0.2) is 23.1 Å². The second kappa shape index (κ2) is 4.18. The molecule has 0 saturated carbocycles. The van der Waals surface area contributed by atoms with Crippen LogP contribution < -0.4 is 5.14 Å². The molecule has 5 nitrogen and oxygen atoms in total. The van der Waals surface area contributed by atoms with Crippen LogP contribution in [0, 0.1) is 0 Å². The average molecular weight is 250 g/mol. The number of ether oxygens (including phenoxy) is 1. The van der Waals surface area contributed by atoms with Gasteiger partial charge in [0.1, 0.15) is 0 Å². The second-order valence-corrected chi connectivity index (χ2v) is 4.64. The zero-order valence-corrected chi connectivity index (χ0v) is 9.30. The van der Waals surface area contributed by atoms with Crippen LogP contribution in [0.4, 0.5) is 0 Å². The van der Waals surface area contributed by atoms with E-state index in [0.717, 1.165) is 13.2 Å². The van der Waals surface area contributed by atoms with Gasteiger partial charge in [-0.15, -0.1) is 0 Å². The van der Waals surface area contributed by atoms with Gasteiger partial charge >= 0.3 is 5.97 Å². The normalized spacial score (nSPS) is 11.1. The molecule has 0 amide bonds. The van der Waals surface area contributed by atoms with Crippen LogP contribution in [0.2, 0.25) is 5.02 Å². The van der Waals surface area contributed by atoms with Crippen molar-refractivity contribution >= 4 is 27.6 Å². The highest BCUT2D eigenvalue weighted by atomic mass is 35.5. The van der Waals surface area contributed by atoms with Crippen LogP contribution in [0.5, 0.6) is 0 Å². The first-order chi connectivity index (χ1) is 6.86. The molecule has 0 aliphatic carbocycles. The summed E-state index contributed by atoms with van der Waals surface area (Å²) in [6, 6.07) is 3.72. The number of hydrogen-bond donors (Lipinski definition) is 1. The lowest BCUT2D eigenvalue weighted by Gasteiger charge is -2.05. The third-order valence-electron chi connectivity index (χ3n) is 1.66. The van der Waals surface area contributed by atoms with Gasteiger partial charge in [-0.1, -0.05) is 11.6 Å². The molecule has 1 rings (SSSR count). The minimum Gasteiger partial charge on any atom is -0.465 e. The van der Waals surface area contributed by atoms with Gasteiger partial charge in [-0.2, -0.15) is 0 Å². The van der Waals surface area contributed by atoms with Crippen molar-refractivity contribution < 1.29 is 17.9 Å². The van der Waals surface area contributed by atoms with Crippen molar-refractivity contribution in [2.75, 3.05) is 7.11 Å². The summed E-state index contributed by atoms with van der Waals surface area (Å²) in [5.41, 5.74) is -0.135. The molecule has 82 valence electrons. The summed E-state index contributed by atoms with van der Waals surface area (Å²) in [5.74, 6) is -0.782. The Labute approximate surface area is 91.8 Å². The van der Waals surface area contributed by atoms with E-state index in [1.54, 1.807) is 0 Å². The Morgan fingerprint density at radius 2 is 2.07 bits per heavy atom. The Bertz CT molecular complexity index is 497. The number of esters is 1. The van der Waals surface area contributed by atoms with E-state index in [1.807, 2.05) is 0 Å². The molecule has 0 atom stereocenters. The van der Waals surface area contributed by atoms with Crippen LogP contribution in [0.1, 0.15) is 10.4 Å². The fraction of sp³-hybridized carbons (Fsp3) is 0.125. The lowest BCUT2D eigenvalue weighted by molar-refractivity contribution is 0.0596. The van der Waals surface area contributed by atoms with Crippen LogP contribution in [0.3, 0.4) is 0 Å². The van der Waals surface area contributed by atoms with Crippen LogP contribution in [0.25, 0.3) is 0 Å². The molecule has 0 bridgehead atoms. The maximum atomic E-state index is 11.2. The van der Waals surface area contributed by atoms with E-state index < -0.39 is 16.0 Å². The number of carbonyl (C=O) groups is 1. The lowest BCUT2D eigenvalue weighted by atomic mass is 10.2. The monoisotopic (exact) mass is 249 g/mol. The van der Waals surface area contributed by atoms with Gasteiger partial charge in [0.2, 0.25) is 10.0 Å². The van der Waals surface area contributed by atoms with Crippen molar-refractivity contribution in [2.45, 2.75) is 4.90 Å². The Hall–Kier alpha value is -1.11. The minimum atomic E-state index is -4.00. The summed E-state index contributed by atoms with van der Waals surface area (Å²) in [5, 5.41) is 5.10. The Morgan fingerprint density at radius 1 is 1.47 bits per heavy atom. The fourth-order valence-corrected chi connectivity index (χ4v) is 2.00. The van der Waals surface area contributed by atoms with E-state index in [2.05, 4.69) is 4.74 Å². The van der Waals surface area contributed by atoms with Gasteiger partial charge in [-0.05, 0) is 18.2 Å². The van der Waals surface area contributed by atoms with Crippen molar-refractivity contribution in [2.24, 2.45) is 5.14 Å². The Kier molecular flexibility index (Phi) is 3.33. The fourth-order valence-electron chi connectivity index (χ4n) is 1.01. The zero-order valence-electron chi connectivity index (χ0n) is 7.73. The molecule has 0 saturated heterocycles. The smallest absolute Gasteiger partial charge is 0.339 e. The van der Waals surface area contributed by atoms with Gasteiger partial charge in [-0.3, -0.25) is 0 Å². The predicted molar refractivity (Wildman–Crippen MR) is 54.2 cm³/mol. The molecule has 0 heterocycles. The standard InChI is InChI=1S/C8H8ClNO4S/c1-14-8(11)6-3-2-5(9)4-7(6)15(10,12)13/h2-4H,1H3,(H2,10,12,13). The molecular formula is C8H8ClNO4S. The molecule has 0 fully saturated rings. The molecule has 2 N–H and O–H groups in total. The minimum absolute atomic E-state index is 0.135. The molecule has 15 heavy (non-hydrogen) atoms. The maximum absolute atomic E-state index is 11.2. The Balaban J connectivity index is 3.47. The van der Waals surface area contributed by atoms with Gasteiger partial charge in [-0.25, -0.2) is 18.4 Å². The quantitative estimate of drug-likeness (QED) is 0.785. The molecule has 0 spiro atoms. The third-order valence-corrected chi connectivity index (χ3v) is 2.84.